The number of carbonyl (C=O) groups is 1. The summed E-state index contributed by atoms with van der Waals surface area (Å²) < 4.78 is 10.4. The van der Waals surface area contributed by atoms with Crippen molar-refractivity contribution in [3.8, 4) is 11.3 Å². The van der Waals surface area contributed by atoms with Crippen molar-refractivity contribution < 1.29 is 14.1 Å². The Balaban J connectivity index is 1.90. The van der Waals surface area contributed by atoms with E-state index in [0.29, 0.717) is 30.5 Å². The zero-order valence-corrected chi connectivity index (χ0v) is 12.5. The SMILES string of the molecule is CCOCCCNC(=O)c1cc(-c2ccc(Cl)cc2)on1. The lowest BCUT2D eigenvalue weighted by Crippen LogP contribution is -2.25. The topological polar surface area (TPSA) is 64.4 Å². The van der Waals surface area contributed by atoms with Gasteiger partial charge in [0.05, 0.1) is 0 Å². The molecule has 1 heterocycles. The molecule has 0 saturated heterocycles. The number of nitrogens with zero attached hydrogens (tertiary/aromatic N) is 1. The molecule has 21 heavy (non-hydrogen) atoms. The number of benzene rings is 1. The fourth-order valence-electron chi connectivity index (χ4n) is 1.74. The van der Waals surface area contributed by atoms with Crippen molar-refractivity contribution in [2.75, 3.05) is 19.8 Å². The zero-order chi connectivity index (χ0) is 15.1. The summed E-state index contributed by atoms with van der Waals surface area (Å²) in [6, 6.07) is 8.75. The molecule has 0 radical (unpaired) electrons. The molecule has 0 fully saturated rings. The number of ether oxygens (including phenoxy) is 1. The summed E-state index contributed by atoms with van der Waals surface area (Å²) in [5.74, 6) is 0.279. The van der Waals surface area contributed by atoms with Crippen molar-refractivity contribution in [3.05, 3.63) is 41.0 Å². The van der Waals surface area contributed by atoms with Crippen LogP contribution in [0.3, 0.4) is 0 Å². The second-order valence-corrected chi connectivity index (χ2v) is 4.83. The summed E-state index contributed by atoms with van der Waals surface area (Å²) >= 11 is 5.83. The van der Waals surface area contributed by atoms with Gasteiger partial charge in [0, 0.05) is 36.4 Å². The van der Waals surface area contributed by atoms with Crippen LogP contribution in [0.15, 0.2) is 34.9 Å². The molecule has 5 nitrogen and oxygen atoms in total. The Morgan fingerprint density at radius 3 is 2.86 bits per heavy atom. The molecule has 0 aliphatic rings. The maximum atomic E-state index is 11.9. The number of nitrogens with one attached hydrogen (secondary N) is 1. The second-order valence-electron chi connectivity index (χ2n) is 4.39. The first-order chi connectivity index (χ1) is 10.2. The summed E-state index contributed by atoms with van der Waals surface area (Å²) in [6.45, 7) is 3.79. The molecule has 0 saturated carbocycles. The van der Waals surface area contributed by atoms with Gasteiger partial charge in [-0.05, 0) is 37.6 Å². The van der Waals surface area contributed by atoms with E-state index in [1.165, 1.54) is 0 Å². The Morgan fingerprint density at radius 1 is 1.38 bits per heavy atom. The molecule has 1 N–H and O–H groups in total. The van der Waals surface area contributed by atoms with Gasteiger partial charge in [-0.25, -0.2) is 0 Å². The lowest BCUT2D eigenvalue weighted by Gasteiger charge is -2.02. The number of aromatic nitrogens is 1. The van der Waals surface area contributed by atoms with Crippen molar-refractivity contribution >= 4 is 17.5 Å². The van der Waals surface area contributed by atoms with Gasteiger partial charge in [-0.2, -0.15) is 0 Å². The Hall–Kier alpha value is -1.85. The lowest BCUT2D eigenvalue weighted by atomic mass is 10.1. The van der Waals surface area contributed by atoms with Gasteiger partial charge in [-0.1, -0.05) is 16.8 Å². The van der Waals surface area contributed by atoms with Gasteiger partial charge in [-0.3, -0.25) is 4.79 Å². The average molecular weight is 309 g/mol. The average Bonchev–Trinajstić information content (AvgIpc) is 2.97. The normalized spacial score (nSPS) is 10.6. The number of carbonyl (C=O) groups excluding carboxylic acids is 1. The minimum atomic E-state index is -0.254. The number of hydrogen-bond donors (Lipinski definition) is 1. The highest BCUT2D eigenvalue weighted by molar-refractivity contribution is 6.30. The van der Waals surface area contributed by atoms with Crippen LogP contribution < -0.4 is 5.32 Å². The third kappa shape index (κ3) is 4.58. The molecule has 2 rings (SSSR count). The van der Waals surface area contributed by atoms with Crippen molar-refractivity contribution in [3.63, 3.8) is 0 Å². The first-order valence-electron chi connectivity index (χ1n) is 6.79. The number of rotatable bonds is 7. The summed E-state index contributed by atoms with van der Waals surface area (Å²) in [6.07, 6.45) is 0.765. The van der Waals surface area contributed by atoms with Gasteiger partial charge in [0.15, 0.2) is 11.5 Å². The molecule has 0 atom stereocenters. The third-order valence-electron chi connectivity index (χ3n) is 2.83. The van der Waals surface area contributed by atoms with Crippen molar-refractivity contribution in [2.45, 2.75) is 13.3 Å². The maximum Gasteiger partial charge on any atom is 0.273 e. The quantitative estimate of drug-likeness (QED) is 0.798. The molecule has 0 unspecified atom stereocenters. The third-order valence-corrected chi connectivity index (χ3v) is 3.08. The van der Waals surface area contributed by atoms with Gasteiger partial charge in [0.25, 0.3) is 5.91 Å². The van der Waals surface area contributed by atoms with E-state index in [1.807, 2.05) is 19.1 Å². The van der Waals surface area contributed by atoms with Crippen LogP contribution in [0.2, 0.25) is 5.02 Å². The van der Waals surface area contributed by atoms with Crippen LogP contribution in [0.25, 0.3) is 11.3 Å². The number of hydrogen-bond acceptors (Lipinski definition) is 4. The monoisotopic (exact) mass is 308 g/mol. The molecule has 0 aliphatic heterocycles. The van der Waals surface area contributed by atoms with Gasteiger partial charge in [0.2, 0.25) is 0 Å². The highest BCUT2D eigenvalue weighted by Gasteiger charge is 2.13. The highest BCUT2D eigenvalue weighted by Crippen LogP contribution is 2.22. The first-order valence-corrected chi connectivity index (χ1v) is 7.17. The van der Waals surface area contributed by atoms with Crippen LogP contribution in [0.5, 0.6) is 0 Å². The minimum absolute atomic E-state index is 0.254. The van der Waals surface area contributed by atoms with E-state index in [4.69, 9.17) is 20.9 Å². The van der Waals surface area contributed by atoms with Gasteiger partial charge in [-0.15, -0.1) is 0 Å². The molecule has 1 aromatic heterocycles. The van der Waals surface area contributed by atoms with Gasteiger partial charge in [0.1, 0.15) is 0 Å². The predicted molar refractivity (Wildman–Crippen MR) is 80.4 cm³/mol. The summed E-state index contributed by atoms with van der Waals surface area (Å²) in [4.78, 5) is 11.9. The van der Waals surface area contributed by atoms with E-state index in [2.05, 4.69) is 10.5 Å². The van der Waals surface area contributed by atoms with E-state index < -0.39 is 0 Å². The van der Waals surface area contributed by atoms with Crippen molar-refractivity contribution in [1.82, 2.24) is 10.5 Å². The van der Waals surface area contributed by atoms with Gasteiger partial charge >= 0.3 is 0 Å². The molecule has 2 aromatic rings. The largest absolute Gasteiger partial charge is 0.382 e. The van der Waals surface area contributed by atoms with Crippen LogP contribution in [0.1, 0.15) is 23.8 Å². The zero-order valence-electron chi connectivity index (χ0n) is 11.8. The standard InChI is InChI=1S/C15H17ClN2O3/c1-2-20-9-3-8-17-15(19)13-10-14(21-18-13)11-4-6-12(16)7-5-11/h4-7,10H,2-3,8-9H2,1H3,(H,17,19). The minimum Gasteiger partial charge on any atom is -0.382 e. The van der Waals surface area contributed by atoms with Crippen LogP contribution in [0.4, 0.5) is 0 Å². The fraction of sp³-hybridized carbons (Fsp3) is 0.333. The van der Waals surface area contributed by atoms with E-state index in [-0.39, 0.29) is 11.6 Å². The number of amides is 1. The Kier molecular flexibility index (Phi) is 5.78. The molecule has 6 heteroatoms. The van der Waals surface area contributed by atoms with Crippen LogP contribution in [-0.4, -0.2) is 30.8 Å². The second kappa shape index (κ2) is 7.81. The van der Waals surface area contributed by atoms with Crippen molar-refractivity contribution in [1.29, 1.82) is 0 Å². The van der Waals surface area contributed by atoms with E-state index in [0.717, 1.165) is 12.0 Å². The molecule has 0 bridgehead atoms. The van der Waals surface area contributed by atoms with Crippen LogP contribution in [0, 0.1) is 0 Å². The Labute approximate surface area is 128 Å². The van der Waals surface area contributed by atoms with Crippen LogP contribution >= 0.6 is 11.6 Å². The van der Waals surface area contributed by atoms with E-state index >= 15 is 0 Å². The fourth-order valence-corrected chi connectivity index (χ4v) is 1.87. The number of halogens is 1. The highest BCUT2D eigenvalue weighted by atomic mass is 35.5. The molecule has 0 spiro atoms. The smallest absolute Gasteiger partial charge is 0.273 e. The molecular formula is C15H17ClN2O3. The summed E-state index contributed by atoms with van der Waals surface area (Å²) in [5.41, 5.74) is 1.08. The van der Waals surface area contributed by atoms with E-state index in [9.17, 15) is 4.79 Å². The van der Waals surface area contributed by atoms with Crippen molar-refractivity contribution in [2.24, 2.45) is 0 Å². The predicted octanol–water partition coefficient (Wildman–Crippen LogP) is 3.15. The molecule has 112 valence electrons. The molecular weight excluding hydrogens is 292 g/mol. The Bertz CT molecular complexity index is 581. The summed E-state index contributed by atoms with van der Waals surface area (Å²) in [5, 5.41) is 7.19. The van der Waals surface area contributed by atoms with E-state index in [1.54, 1.807) is 18.2 Å². The molecule has 1 amide bonds. The van der Waals surface area contributed by atoms with Crippen LogP contribution in [-0.2, 0) is 4.74 Å². The van der Waals surface area contributed by atoms with Gasteiger partial charge < -0.3 is 14.6 Å². The first kappa shape index (κ1) is 15.5. The maximum absolute atomic E-state index is 11.9. The molecule has 0 aliphatic carbocycles. The lowest BCUT2D eigenvalue weighted by molar-refractivity contribution is 0.0935. The Morgan fingerprint density at radius 2 is 2.14 bits per heavy atom. The molecule has 1 aromatic carbocycles. The summed E-state index contributed by atoms with van der Waals surface area (Å²) in [7, 11) is 0.